The van der Waals surface area contributed by atoms with E-state index in [0.717, 1.165) is 16.6 Å². The van der Waals surface area contributed by atoms with Gasteiger partial charge in [-0.3, -0.25) is 4.98 Å². The minimum atomic E-state index is 0.475. The summed E-state index contributed by atoms with van der Waals surface area (Å²) in [4.78, 5) is 8.30. The summed E-state index contributed by atoms with van der Waals surface area (Å²) in [6, 6.07) is 4.01. The summed E-state index contributed by atoms with van der Waals surface area (Å²) >= 11 is 1.65. The van der Waals surface area contributed by atoms with Crippen LogP contribution in [0.25, 0.3) is 0 Å². The number of hydrogen-bond acceptors (Lipinski definition) is 5. The van der Waals surface area contributed by atoms with Crippen molar-refractivity contribution in [3.63, 3.8) is 0 Å². The minimum Gasteiger partial charge on any atom is -0.325 e. The number of nitrogens with zero attached hydrogens (tertiary/aromatic N) is 4. The minimum absolute atomic E-state index is 0.475. The van der Waals surface area contributed by atoms with Crippen LogP contribution < -0.4 is 5.73 Å². The highest BCUT2D eigenvalue weighted by molar-refractivity contribution is 7.98. The number of rotatable bonds is 4. The summed E-state index contributed by atoms with van der Waals surface area (Å²) in [5, 5.41) is 4.92. The molecule has 0 aliphatic heterocycles. The van der Waals surface area contributed by atoms with Crippen LogP contribution in [-0.2, 0) is 19.3 Å². The predicted molar refractivity (Wildman–Crippen MR) is 62.7 cm³/mol. The number of aromatic nitrogens is 4. The second kappa shape index (κ2) is 5.09. The monoisotopic (exact) mass is 235 g/mol. The second-order valence-corrected chi connectivity index (χ2v) is 4.26. The Bertz CT molecular complexity index is 468. The summed E-state index contributed by atoms with van der Waals surface area (Å²) in [6.45, 7) is 0.475. The van der Waals surface area contributed by atoms with Crippen molar-refractivity contribution in [2.24, 2.45) is 12.8 Å². The fourth-order valence-corrected chi connectivity index (χ4v) is 2.12. The summed E-state index contributed by atoms with van der Waals surface area (Å²) in [5.41, 5.74) is 7.65. The lowest BCUT2D eigenvalue weighted by Gasteiger charge is -2.02. The molecule has 0 aliphatic rings. The molecular formula is C10H13N5S. The van der Waals surface area contributed by atoms with E-state index in [4.69, 9.17) is 5.73 Å². The van der Waals surface area contributed by atoms with Crippen molar-refractivity contribution < 1.29 is 0 Å². The Morgan fingerprint density at radius 1 is 1.44 bits per heavy atom. The van der Waals surface area contributed by atoms with Crippen molar-refractivity contribution in [1.29, 1.82) is 0 Å². The lowest BCUT2D eigenvalue weighted by molar-refractivity contribution is 0.685. The average Bonchev–Trinajstić information content (AvgIpc) is 2.72. The first kappa shape index (κ1) is 11.1. The molecule has 16 heavy (non-hydrogen) atoms. The molecular weight excluding hydrogens is 222 g/mol. The molecule has 84 valence electrons. The Labute approximate surface area is 98.1 Å². The van der Waals surface area contributed by atoms with E-state index in [1.54, 1.807) is 29.0 Å². The van der Waals surface area contributed by atoms with E-state index in [1.165, 1.54) is 5.56 Å². The number of hydrogen-bond donors (Lipinski definition) is 1. The van der Waals surface area contributed by atoms with E-state index >= 15 is 0 Å². The van der Waals surface area contributed by atoms with Crippen LogP contribution in [0.3, 0.4) is 0 Å². The van der Waals surface area contributed by atoms with Gasteiger partial charge >= 0.3 is 0 Å². The molecule has 2 aromatic rings. The van der Waals surface area contributed by atoms with Gasteiger partial charge in [-0.2, -0.15) is 5.10 Å². The van der Waals surface area contributed by atoms with Gasteiger partial charge in [0.1, 0.15) is 6.33 Å². The van der Waals surface area contributed by atoms with Crippen LogP contribution in [0.1, 0.15) is 11.3 Å². The van der Waals surface area contributed by atoms with Gasteiger partial charge in [-0.1, -0.05) is 11.8 Å². The van der Waals surface area contributed by atoms with E-state index in [2.05, 4.69) is 15.1 Å². The van der Waals surface area contributed by atoms with Crippen molar-refractivity contribution in [1.82, 2.24) is 19.7 Å². The van der Waals surface area contributed by atoms with E-state index in [1.807, 2.05) is 19.2 Å². The molecule has 6 heteroatoms. The van der Waals surface area contributed by atoms with Gasteiger partial charge in [0.05, 0.1) is 5.69 Å². The quantitative estimate of drug-likeness (QED) is 0.799. The summed E-state index contributed by atoms with van der Waals surface area (Å²) in [5.74, 6) is 0.849. The van der Waals surface area contributed by atoms with Crippen molar-refractivity contribution in [2.75, 3.05) is 0 Å². The molecule has 0 aromatic carbocycles. The molecule has 2 rings (SSSR count). The van der Waals surface area contributed by atoms with Crippen LogP contribution in [0.2, 0.25) is 0 Å². The third kappa shape index (κ3) is 2.59. The van der Waals surface area contributed by atoms with Gasteiger partial charge in [-0.25, -0.2) is 9.67 Å². The Morgan fingerprint density at radius 2 is 2.31 bits per heavy atom. The first-order chi connectivity index (χ1) is 7.79. The number of nitrogens with two attached hydrogens (primary N) is 1. The first-order valence-electron chi connectivity index (χ1n) is 4.90. The second-order valence-electron chi connectivity index (χ2n) is 3.31. The van der Waals surface area contributed by atoms with E-state index in [-0.39, 0.29) is 0 Å². The molecule has 0 saturated carbocycles. The fourth-order valence-electron chi connectivity index (χ4n) is 1.29. The van der Waals surface area contributed by atoms with Crippen LogP contribution in [0.15, 0.2) is 29.8 Å². The highest BCUT2D eigenvalue weighted by Crippen LogP contribution is 2.19. The molecule has 0 saturated heterocycles. The highest BCUT2D eigenvalue weighted by Gasteiger charge is 2.02. The molecule has 2 heterocycles. The normalized spacial score (nSPS) is 10.6. The predicted octanol–water partition coefficient (Wildman–Crippen LogP) is 0.961. The molecule has 0 unspecified atom stereocenters. The van der Waals surface area contributed by atoms with E-state index in [9.17, 15) is 0 Å². The van der Waals surface area contributed by atoms with Crippen LogP contribution in [-0.4, -0.2) is 19.7 Å². The van der Waals surface area contributed by atoms with E-state index in [0.29, 0.717) is 6.54 Å². The van der Waals surface area contributed by atoms with Crippen LogP contribution in [0, 0.1) is 0 Å². The van der Waals surface area contributed by atoms with Gasteiger partial charge in [0, 0.05) is 25.5 Å². The average molecular weight is 235 g/mol. The van der Waals surface area contributed by atoms with Crippen molar-refractivity contribution in [3.05, 3.63) is 35.9 Å². The topological polar surface area (TPSA) is 69.6 Å². The first-order valence-corrected chi connectivity index (χ1v) is 5.89. The zero-order valence-corrected chi connectivity index (χ0v) is 9.81. The largest absolute Gasteiger partial charge is 0.325 e. The number of pyridine rings is 1. The lowest BCUT2D eigenvalue weighted by atomic mass is 10.2. The maximum absolute atomic E-state index is 5.54. The maximum atomic E-state index is 5.54. The SMILES string of the molecule is Cn1ncnc1SCc1ccnc(CN)c1. The van der Waals surface area contributed by atoms with Gasteiger partial charge in [0.15, 0.2) is 5.16 Å². The molecule has 0 aliphatic carbocycles. The smallest absolute Gasteiger partial charge is 0.186 e. The molecule has 0 fully saturated rings. The number of aryl methyl sites for hydroxylation is 1. The van der Waals surface area contributed by atoms with E-state index < -0.39 is 0 Å². The van der Waals surface area contributed by atoms with Crippen LogP contribution in [0.4, 0.5) is 0 Å². The molecule has 0 spiro atoms. The van der Waals surface area contributed by atoms with Crippen LogP contribution >= 0.6 is 11.8 Å². The van der Waals surface area contributed by atoms with Gasteiger partial charge < -0.3 is 5.73 Å². The van der Waals surface area contributed by atoms with Gasteiger partial charge in [0.25, 0.3) is 0 Å². The Kier molecular flexibility index (Phi) is 3.53. The summed E-state index contributed by atoms with van der Waals surface area (Å²) in [7, 11) is 1.88. The Balaban J connectivity index is 2.02. The zero-order chi connectivity index (χ0) is 11.4. The maximum Gasteiger partial charge on any atom is 0.186 e. The summed E-state index contributed by atoms with van der Waals surface area (Å²) < 4.78 is 1.76. The molecule has 5 nitrogen and oxygen atoms in total. The standard InChI is InChI=1S/C10H13N5S/c1-15-10(13-7-14-15)16-6-8-2-3-12-9(4-8)5-11/h2-4,7H,5-6,11H2,1H3. The van der Waals surface area contributed by atoms with Crippen LogP contribution in [0.5, 0.6) is 0 Å². The summed E-state index contributed by atoms with van der Waals surface area (Å²) in [6.07, 6.45) is 3.34. The zero-order valence-electron chi connectivity index (χ0n) is 9.00. The van der Waals surface area contributed by atoms with Gasteiger partial charge in [-0.15, -0.1) is 0 Å². The van der Waals surface area contributed by atoms with Gasteiger partial charge in [0.2, 0.25) is 0 Å². The Hall–Kier alpha value is -1.40. The third-order valence-corrected chi connectivity index (χ3v) is 3.23. The molecule has 0 radical (unpaired) electrons. The molecule has 0 amide bonds. The van der Waals surface area contributed by atoms with Gasteiger partial charge in [-0.05, 0) is 17.7 Å². The van der Waals surface area contributed by atoms with Crippen molar-refractivity contribution in [2.45, 2.75) is 17.5 Å². The fraction of sp³-hybridized carbons (Fsp3) is 0.300. The van der Waals surface area contributed by atoms with Crippen molar-refractivity contribution in [3.8, 4) is 0 Å². The highest BCUT2D eigenvalue weighted by atomic mass is 32.2. The molecule has 2 aromatic heterocycles. The molecule has 0 bridgehead atoms. The molecule has 2 N–H and O–H groups in total. The third-order valence-electron chi connectivity index (χ3n) is 2.13. The van der Waals surface area contributed by atoms with Crippen molar-refractivity contribution >= 4 is 11.8 Å². The lowest BCUT2D eigenvalue weighted by Crippen LogP contribution is -2.00. The Morgan fingerprint density at radius 3 is 3.00 bits per heavy atom. The number of thioether (sulfide) groups is 1. The molecule has 0 atom stereocenters.